The normalized spacial score (nSPS) is 10.5. The molecule has 9 nitrogen and oxygen atoms in total. The van der Waals surface area contributed by atoms with Crippen molar-refractivity contribution in [2.45, 2.75) is 20.3 Å². The second kappa shape index (κ2) is 9.04. The van der Waals surface area contributed by atoms with Crippen LogP contribution in [-0.4, -0.2) is 31.1 Å². The molecule has 0 fully saturated rings. The van der Waals surface area contributed by atoms with Gasteiger partial charge in [0.15, 0.2) is 5.82 Å². The summed E-state index contributed by atoms with van der Waals surface area (Å²) >= 11 is 0. The minimum absolute atomic E-state index is 0.147. The van der Waals surface area contributed by atoms with Gasteiger partial charge in [0, 0.05) is 17.4 Å². The van der Waals surface area contributed by atoms with E-state index in [0.717, 1.165) is 11.3 Å². The van der Waals surface area contributed by atoms with Gasteiger partial charge < -0.3 is 15.4 Å². The van der Waals surface area contributed by atoms with Crippen LogP contribution >= 0.6 is 0 Å². The highest BCUT2D eigenvalue weighted by molar-refractivity contribution is 5.92. The zero-order valence-corrected chi connectivity index (χ0v) is 17.1. The van der Waals surface area contributed by atoms with Crippen LogP contribution in [0.4, 0.5) is 17.5 Å². The monoisotopic (exact) mass is 415 g/mol. The smallest absolute Gasteiger partial charge is 0.327 e. The Bertz CT molecular complexity index is 1190. The molecule has 0 aliphatic rings. The molecule has 0 spiro atoms. The van der Waals surface area contributed by atoms with Crippen LogP contribution in [0.5, 0.6) is 11.8 Å². The molecule has 2 heterocycles. The highest BCUT2D eigenvalue weighted by Crippen LogP contribution is 2.23. The molecule has 1 amide bonds. The lowest BCUT2D eigenvalue weighted by Gasteiger charge is -2.08. The van der Waals surface area contributed by atoms with Crippen molar-refractivity contribution in [3.63, 3.8) is 0 Å². The molecular formula is C22H21N7O2. The summed E-state index contributed by atoms with van der Waals surface area (Å²) in [5, 5.41) is 12.9. The average molecular weight is 415 g/mol. The van der Waals surface area contributed by atoms with Crippen LogP contribution in [0.2, 0.25) is 0 Å². The largest absolute Gasteiger partial charge is 0.424 e. The Hall–Kier alpha value is -4.27. The van der Waals surface area contributed by atoms with E-state index in [9.17, 15) is 4.79 Å². The first-order valence-electron chi connectivity index (χ1n) is 9.67. The maximum atomic E-state index is 12.2. The first kappa shape index (κ1) is 20.0. The van der Waals surface area contributed by atoms with Gasteiger partial charge in [0.2, 0.25) is 11.9 Å². The Morgan fingerprint density at radius 2 is 1.77 bits per heavy atom. The van der Waals surface area contributed by atoms with Gasteiger partial charge in [0.25, 0.3) is 0 Å². The number of carbonyl (C=O) groups excluding carboxylic acids is 1. The zero-order chi connectivity index (χ0) is 21.6. The van der Waals surface area contributed by atoms with Gasteiger partial charge in [-0.3, -0.25) is 9.89 Å². The molecule has 0 bridgehead atoms. The molecule has 0 unspecified atom stereocenters. The van der Waals surface area contributed by atoms with E-state index < -0.39 is 0 Å². The van der Waals surface area contributed by atoms with E-state index in [1.165, 1.54) is 0 Å². The lowest BCUT2D eigenvalue weighted by atomic mass is 10.2. The molecule has 9 heteroatoms. The summed E-state index contributed by atoms with van der Waals surface area (Å²) in [5.41, 5.74) is 2.37. The standard InChI is InChI=1S/C22H21N7O2/c1-14-8-6-7-11-18(14)31-22-24-15(2)23-21(27-22)26-19-12-17(28-29-19)13-20(30)25-16-9-4-3-5-10-16/h3-12H,13H2,1-2H3,(H,25,30)(H2,23,24,26,27,28,29). The van der Waals surface area contributed by atoms with Crippen LogP contribution in [0, 0.1) is 13.8 Å². The number of para-hydroxylation sites is 2. The van der Waals surface area contributed by atoms with E-state index in [0.29, 0.717) is 29.0 Å². The second-order valence-electron chi connectivity index (χ2n) is 6.85. The van der Waals surface area contributed by atoms with E-state index in [2.05, 4.69) is 35.8 Å². The van der Waals surface area contributed by atoms with Crippen molar-refractivity contribution in [2.75, 3.05) is 10.6 Å². The zero-order valence-electron chi connectivity index (χ0n) is 17.1. The van der Waals surface area contributed by atoms with Gasteiger partial charge in [-0.05, 0) is 37.6 Å². The van der Waals surface area contributed by atoms with Crippen LogP contribution in [0.15, 0.2) is 60.7 Å². The second-order valence-corrected chi connectivity index (χ2v) is 6.85. The first-order valence-corrected chi connectivity index (χ1v) is 9.67. The lowest BCUT2D eigenvalue weighted by molar-refractivity contribution is -0.115. The maximum Gasteiger partial charge on any atom is 0.327 e. The number of rotatable bonds is 7. The Labute approximate surface area is 178 Å². The summed E-state index contributed by atoms with van der Waals surface area (Å²) in [6.45, 7) is 3.70. The summed E-state index contributed by atoms with van der Waals surface area (Å²) in [5.74, 6) is 1.80. The molecule has 2 aromatic carbocycles. The van der Waals surface area contributed by atoms with Gasteiger partial charge in [-0.1, -0.05) is 36.4 Å². The van der Waals surface area contributed by atoms with Crippen LogP contribution in [0.3, 0.4) is 0 Å². The van der Waals surface area contributed by atoms with Crippen molar-refractivity contribution < 1.29 is 9.53 Å². The number of benzene rings is 2. The quantitative estimate of drug-likeness (QED) is 0.418. The number of amides is 1. The molecular weight excluding hydrogens is 394 g/mol. The third-order valence-electron chi connectivity index (χ3n) is 4.30. The lowest BCUT2D eigenvalue weighted by Crippen LogP contribution is -2.14. The predicted molar refractivity (Wildman–Crippen MR) is 116 cm³/mol. The third-order valence-corrected chi connectivity index (χ3v) is 4.30. The molecule has 0 saturated carbocycles. The number of aromatic amines is 1. The fourth-order valence-electron chi connectivity index (χ4n) is 2.86. The molecule has 3 N–H and O–H groups in total. The summed E-state index contributed by atoms with van der Waals surface area (Å²) in [4.78, 5) is 25.0. The molecule has 0 saturated heterocycles. The number of aromatic nitrogens is 5. The summed E-state index contributed by atoms with van der Waals surface area (Å²) in [6.07, 6.45) is 0.154. The van der Waals surface area contributed by atoms with Gasteiger partial charge in [-0.25, -0.2) is 0 Å². The number of anilines is 3. The van der Waals surface area contributed by atoms with E-state index >= 15 is 0 Å². The number of carbonyl (C=O) groups is 1. The molecule has 0 atom stereocenters. The van der Waals surface area contributed by atoms with E-state index in [-0.39, 0.29) is 18.3 Å². The fraction of sp³-hybridized carbons (Fsp3) is 0.136. The highest BCUT2D eigenvalue weighted by atomic mass is 16.5. The summed E-state index contributed by atoms with van der Waals surface area (Å²) in [7, 11) is 0. The molecule has 31 heavy (non-hydrogen) atoms. The van der Waals surface area contributed by atoms with Crippen LogP contribution in [-0.2, 0) is 11.2 Å². The average Bonchev–Trinajstić information content (AvgIpc) is 3.16. The van der Waals surface area contributed by atoms with Gasteiger partial charge in [0.05, 0.1) is 6.42 Å². The first-order chi connectivity index (χ1) is 15.0. The Balaban J connectivity index is 1.41. The highest BCUT2D eigenvalue weighted by Gasteiger charge is 2.11. The van der Waals surface area contributed by atoms with Crippen LogP contribution < -0.4 is 15.4 Å². The molecule has 4 rings (SSSR count). The van der Waals surface area contributed by atoms with Crippen LogP contribution in [0.25, 0.3) is 0 Å². The summed E-state index contributed by atoms with van der Waals surface area (Å²) in [6, 6.07) is 18.8. The van der Waals surface area contributed by atoms with Crippen molar-refractivity contribution in [1.82, 2.24) is 25.1 Å². The van der Waals surface area contributed by atoms with Crippen molar-refractivity contribution in [2.24, 2.45) is 0 Å². The fourth-order valence-corrected chi connectivity index (χ4v) is 2.86. The van der Waals surface area contributed by atoms with Gasteiger partial charge in [-0.2, -0.15) is 20.1 Å². The Morgan fingerprint density at radius 3 is 2.58 bits per heavy atom. The predicted octanol–water partition coefficient (Wildman–Crippen LogP) is 3.93. The number of hydrogen-bond donors (Lipinski definition) is 3. The molecule has 0 aliphatic carbocycles. The van der Waals surface area contributed by atoms with Crippen LogP contribution in [0.1, 0.15) is 17.1 Å². The number of aryl methyl sites for hydroxylation is 2. The summed E-state index contributed by atoms with van der Waals surface area (Å²) < 4.78 is 5.80. The van der Waals surface area contributed by atoms with Crippen molar-refractivity contribution in [1.29, 1.82) is 0 Å². The van der Waals surface area contributed by atoms with Crippen molar-refractivity contribution in [3.05, 3.63) is 77.7 Å². The number of ether oxygens (including phenoxy) is 1. The van der Waals surface area contributed by atoms with Crippen molar-refractivity contribution >= 4 is 23.4 Å². The minimum atomic E-state index is -0.147. The number of H-pyrrole nitrogens is 1. The number of nitrogens with one attached hydrogen (secondary N) is 3. The molecule has 0 aliphatic heterocycles. The number of hydrogen-bond acceptors (Lipinski definition) is 7. The molecule has 156 valence electrons. The molecule has 2 aromatic heterocycles. The van der Waals surface area contributed by atoms with Gasteiger partial charge in [-0.15, -0.1) is 0 Å². The topological polar surface area (TPSA) is 118 Å². The third kappa shape index (κ3) is 5.41. The van der Waals surface area contributed by atoms with E-state index in [1.54, 1.807) is 13.0 Å². The maximum absolute atomic E-state index is 12.2. The van der Waals surface area contributed by atoms with Gasteiger partial charge >= 0.3 is 6.01 Å². The van der Waals surface area contributed by atoms with E-state index in [1.807, 2.05) is 61.5 Å². The Morgan fingerprint density at radius 1 is 1.00 bits per heavy atom. The minimum Gasteiger partial charge on any atom is -0.424 e. The SMILES string of the molecule is Cc1nc(Nc2cc(CC(=O)Nc3ccccc3)[nH]n2)nc(Oc2ccccc2C)n1. The molecule has 0 radical (unpaired) electrons. The van der Waals surface area contributed by atoms with Crippen molar-refractivity contribution in [3.8, 4) is 11.8 Å². The Kier molecular flexibility index (Phi) is 5.84. The van der Waals surface area contributed by atoms with Gasteiger partial charge in [0.1, 0.15) is 11.6 Å². The number of nitrogens with zero attached hydrogens (tertiary/aromatic N) is 4. The molecule has 4 aromatic rings. The van der Waals surface area contributed by atoms with E-state index in [4.69, 9.17) is 4.74 Å².